The number of hydrogen-bond acceptors (Lipinski definition) is 3. The number of sulfone groups is 1. The monoisotopic (exact) mass is 323 g/mol. The van der Waals surface area contributed by atoms with E-state index in [4.69, 9.17) is 0 Å². The Morgan fingerprint density at radius 2 is 1.86 bits per heavy atom. The maximum Gasteiger partial charge on any atom is 0.253 e. The van der Waals surface area contributed by atoms with Crippen molar-refractivity contribution in [3.63, 3.8) is 0 Å². The Morgan fingerprint density at radius 3 is 2.45 bits per heavy atom. The van der Waals surface area contributed by atoms with Crippen molar-refractivity contribution >= 4 is 15.7 Å². The molecule has 0 N–H and O–H groups in total. The lowest BCUT2D eigenvalue weighted by Crippen LogP contribution is -2.32. The number of amides is 1. The highest BCUT2D eigenvalue weighted by atomic mass is 32.2. The largest absolute Gasteiger partial charge is 0.339 e. The molecule has 0 spiro atoms. The zero-order chi connectivity index (χ0) is 16.2. The maximum absolute atomic E-state index is 12.6. The van der Waals surface area contributed by atoms with E-state index in [-0.39, 0.29) is 10.8 Å². The van der Waals surface area contributed by atoms with Crippen molar-refractivity contribution in [2.45, 2.75) is 43.9 Å². The lowest BCUT2D eigenvalue weighted by Gasteiger charge is -2.21. The molecule has 1 fully saturated rings. The van der Waals surface area contributed by atoms with Crippen LogP contribution in [0.3, 0.4) is 0 Å². The van der Waals surface area contributed by atoms with Gasteiger partial charge in [0.05, 0.1) is 4.90 Å². The fourth-order valence-corrected chi connectivity index (χ4v) is 3.72. The van der Waals surface area contributed by atoms with Crippen LogP contribution in [0, 0.1) is 5.92 Å². The van der Waals surface area contributed by atoms with Gasteiger partial charge in [0.2, 0.25) is 0 Å². The van der Waals surface area contributed by atoms with Crippen LogP contribution < -0.4 is 0 Å². The Hall–Kier alpha value is -1.36. The SMILES string of the molecule is CCC[C@@H]1CCCN(C(=O)c2ccc(S(C)(=O)=O)cc2)CC1. The van der Waals surface area contributed by atoms with Crippen molar-refractivity contribution in [3.8, 4) is 0 Å². The Bertz CT molecular complexity index is 607. The lowest BCUT2D eigenvalue weighted by atomic mass is 9.96. The zero-order valence-corrected chi connectivity index (χ0v) is 14.2. The minimum absolute atomic E-state index is 0.0113. The van der Waals surface area contributed by atoms with Crippen LogP contribution in [0.2, 0.25) is 0 Å². The second kappa shape index (κ2) is 7.27. The summed E-state index contributed by atoms with van der Waals surface area (Å²) in [4.78, 5) is 14.7. The van der Waals surface area contributed by atoms with E-state index in [9.17, 15) is 13.2 Å². The van der Waals surface area contributed by atoms with Crippen molar-refractivity contribution in [2.75, 3.05) is 19.3 Å². The molecule has 1 saturated heterocycles. The standard InChI is InChI=1S/C17H25NO3S/c1-3-5-14-6-4-12-18(13-11-14)17(19)15-7-9-16(10-8-15)22(2,20)21/h7-10,14H,3-6,11-13H2,1-2H3/t14-/m1/s1. The normalized spacial score (nSPS) is 19.7. The topological polar surface area (TPSA) is 54.5 Å². The second-order valence-corrected chi connectivity index (χ2v) is 8.19. The summed E-state index contributed by atoms with van der Waals surface area (Å²) in [5.74, 6) is 0.743. The molecular weight excluding hydrogens is 298 g/mol. The van der Waals surface area contributed by atoms with Crippen LogP contribution in [0.25, 0.3) is 0 Å². The third kappa shape index (κ3) is 4.32. The smallest absolute Gasteiger partial charge is 0.253 e. The Kier molecular flexibility index (Phi) is 5.62. The number of carbonyl (C=O) groups is 1. The summed E-state index contributed by atoms with van der Waals surface area (Å²) in [5, 5.41) is 0. The van der Waals surface area contributed by atoms with Gasteiger partial charge in [0, 0.05) is 24.9 Å². The molecule has 1 aromatic rings. The molecule has 4 nitrogen and oxygen atoms in total. The molecule has 122 valence electrons. The summed E-state index contributed by atoms with van der Waals surface area (Å²) in [6.07, 6.45) is 6.94. The first-order valence-electron chi connectivity index (χ1n) is 8.01. The van der Waals surface area contributed by atoms with Crippen molar-refractivity contribution in [2.24, 2.45) is 5.92 Å². The molecule has 5 heteroatoms. The van der Waals surface area contributed by atoms with E-state index < -0.39 is 9.84 Å². The molecule has 1 amide bonds. The lowest BCUT2D eigenvalue weighted by molar-refractivity contribution is 0.0759. The van der Waals surface area contributed by atoms with Gasteiger partial charge in [0.15, 0.2) is 9.84 Å². The van der Waals surface area contributed by atoms with Crippen LogP contribution >= 0.6 is 0 Å². The Morgan fingerprint density at radius 1 is 1.18 bits per heavy atom. The predicted octanol–water partition coefficient (Wildman–Crippen LogP) is 3.13. The average Bonchev–Trinajstić information content (AvgIpc) is 2.72. The van der Waals surface area contributed by atoms with E-state index in [2.05, 4.69) is 6.92 Å². The maximum atomic E-state index is 12.6. The predicted molar refractivity (Wildman–Crippen MR) is 87.7 cm³/mol. The first-order chi connectivity index (χ1) is 10.4. The number of likely N-dealkylation sites (tertiary alicyclic amines) is 1. The summed E-state index contributed by atoms with van der Waals surface area (Å²) < 4.78 is 22.9. The summed E-state index contributed by atoms with van der Waals surface area (Å²) in [6.45, 7) is 3.81. The first kappa shape index (κ1) is 17.0. The molecule has 2 rings (SSSR count). The van der Waals surface area contributed by atoms with Crippen molar-refractivity contribution in [3.05, 3.63) is 29.8 Å². The third-order valence-electron chi connectivity index (χ3n) is 4.36. The van der Waals surface area contributed by atoms with Crippen molar-refractivity contribution in [1.29, 1.82) is 0 Å². The number of benzene rings is 1. The zero-order valence-electron chi connectivity index (χ0n) is 13.4. The van der Waals surface area contributed by atoms with Gasteiger partial charge in [-0.25, -0.2) is 8.42 Å². The minimum Gasteiger partial charge on any atom is -0.339 e. The molecule has 0 aliphatic carbocycles. The summed E-state index contributed by atoms with van der Waals surface area (Å²) in [6, 6.07) is 6.26. The molecule has 1 aromatic carbocycles. The van der Waals surface area contributed by atoms with Crippen LogP contribution in [-0.2, 0) is 9.84 Å². The highest BCUT2D eigenvalue weighted by Crippen LogP contribution is 2.23. The second-order valence-electron chi connectivity index (χ2n) is 6.17. The first-order valence-corrected chi connectivity index (χ1v) is 9.90. The minimum atomic E-state index is -3.21. The van der Waals surface area contributed by atoms with E-state index in [0.717, 1.165) is 31.8 Å². The Balaban J connectivity index is 2.05. The number of hydrogen-bond donors (Lipinski definition) is 0. The molecule has 22 heavy (non-hydrogen) atoms. The average molecular weight is 323 g/mol. The third-order valence-corrected chi connectivity index (χ3v) is 5.49. The van der Waals surface area contributed by atoms with Crippen LogP contribution in [0.1, 0.15) is 49.4 Å². The molecule has 0 unspecified atom stereocenters. The van der Waals surface area contributed by atoms with Crippen LogP contribution in [-0.4, -0.2) is 38.6 Å². The molecule has 0 aromatic heterocycles. The van der Waals surface area contributed by atoms with E-state index >= 15 is 0 Å². The van der Waals surface area contributed by atoms with Gasteiger partial charge in [-0.2, -0.15) is 0 Å². The van der Waals surface area contributed by atoms with E-state index in [1.165, 1.54) is 37.7 Å². The highest BCUT2D eigenvalue weighted by molar-refractivity contribution is 7.90. The van der Waals surface area contributed by atoms with Gasteiger partial charge in [0.1, 0.15) is 0 Å². The van der Waals surface area contributed by atoms with Gasteiger partial charge < -0.3 is 4.90 Å². The number of carbonyl (C=O) groups excluding carboxylic acids is 1. The van der Waals surface area contributed by atoms with E-state index in [1.807, 2.05) is 4.90 Å². The summed E-state index contributed by atoms with van der Waals surface area (Å²) in [5.41, 5.74) is 0.571. The Labute approximate surface area is 133 Å². The molecule has 0 saturated carbocycles. The molecule has 1 heterocycles. The molecular formula is C17H25NO3S. The summed E-state index contributed by atoms with van der Waals surface area (Å²) in [7, 11) is -3.21. The van der Waals surface area contributed by atoms with E-state index in [0.29, 0.717) is 5.56 Å². The molecule has 0 radical (unpaired) electrons. The van der Waals surface area contributed by atoms with Gasteiger partial charge >= 0.3 is 0 Å². The molecule has 1 aliphatic rings. The number of rotatable bonds is 4. The molecule has 1 aliphatic heterocycles. The molecule has 0 bridgehead atoms. The quantitative estimate of drug-likeness (QED) is 0.855. The fourth-order valence-electron chi connectivity index (χ4n) is 3.09. The number of nitrogens with zero attached hydrogens (tertiary/aromatic N) is 1. The van der Waals surface area contributed by atoms with Gasteiger partial charge in [-0.05, 0) is 49.4 Å². The van der Waals surface area contributed by atoms with Crippen molar-refractivity contribution < 1.29 is 13.2 Å². The fraction of sp³-hybridized carbons (Fsp3) is 0.588. The van der Waals surface area contributed by atoms with Gasteiger partial charge in [-0.3, -0.25) is 4.79 Å². The summed E-state index contributed by atoms with van der Waals surface area (Å²) >= 11 is 0. The molecule has 1 atom stereocenters. The van der Waals surface area contributed by atoms with Gasteiger partial charge in [-0.15, -0.1) is 0 Å². The van der Waals surface area contributed by atoms with Crippen LogP contribution in [0.5, 0.6) is 0 Å². The van der Waals surface area contributed by atoms with Crippen LogP contribution in [0.15, 0.2) is 29.2 Å². The van der Waals surface area contributed by atoms with Gasteiger partial charge in [0.25, 0.3) is 5.91 Å². The van der Waals surface area contributed by atoms with Gasteiger partial charge in [-0.1, -0.05) is 19.8 Å². The van der Waals surface area contributed by atoms with E-state index in [1.54, 1.807) is 12.1 Å². The van der Waals surface area contributed by atoms with Crippen molar-refractivity contribution in [1.82, 2.24) is 4.90 Å². The van der Waals surface area contributed by atoms with Crippen LogP contribution in [0.4, 0.5) is 0 Å². The highest BCUT2D eigenvalue weighted by Gasteiger charge is 2.21.